The maximum atomic E-state index is 11.5. The number of rotatable bonds is 3. The molecule has 1 amide bonds. The topological polar surface area (TPSA) is 80.9 Å². The van der Waals surface area contributed by atoms with Crippen LogP contribution in [-0.2, 0) is 11.2 Å². The predicted molar refractivity (Wildman–Crippen MR) is 61.0 cm³/mol. The molecule has 0 bridgehead atoms. The Balaban J connectivity index is 1.93. The third kappa shape index (κ3) is 2.74. The first-order valence-corrected chi connectivity index (χ1v) is 5.90. The normalized spacial score (nSPS) is 10.1. The summed E-state index contributed by atoms with van der Waals surface area (Å²) in [4.78, 5) is 11.5. The number of hydrogen-bond donors (Lipinski definition) is 2. The molecular formula is C8H8N4OS2. The first kappa shape index (κ1) is 10.1. The van der Waals surface area contributed by atoms with Crippen molar-refractivity contribution in [2.75, 3.05) is 11.1 Å². The fourth-order valence-corrected chi connectivity index (χ4v) is 2.22. The second-order valence-electron chi connectivity index (χ2n) is 2.80. The van der Waals surface area contributed by atoms with Gasteiger partial charge in [0.05, 0.1) is 6.42 Å². The van der Waals surface area contributed by atoms with Crippen molar-refractivity contribution in [3.63, 3.8) is 0 Å². The quantitative estimate of drug-likeness (QED) is 0.848. The standard InChI is InChI=1S/C8H8N4OS2/c9-7-11-12-8(15-7)10-6(13)3-5-1-2-14-4-5/h1-2,4H,3H2,(H2,9,11)(H,10,12,13). The molecule has 2 aromatic heterocycles. The summed E-state index contributed by atoms with van der Waals surface area (Å²) in [6, 6.07) is 1.92. The van der Waals surface area contributed by atoms with E-state index in [9.17, 15) is 4.79 Å². The molecule has 15 heavy (non-hydrogen) atoms. The van der Waals surface area contributed by atoms with Crippen molar-refractivity contribution >= 4 is 38.8 Å². The number of nitrogens with one attached hydrogen (secondary N) is 1. The van der Waals surface area contributed by atoms with Crippen LogP contribution in [0.5, 0.6) is 0 Å². The maximum absolute atomic E-state index is 11.5. The second-order valence-corrected chi connectivity index (χ2v) is 4.59. The molecule has 2 heterocycles. The van der Waals surface area contributed by atoms with Gasteiger partial charge in [0.25, 0.3) is 0 Å². The van der Waals surface area contributed by atoms with Crippen molar-refractivity contribution in [3.8, 4) is 0 Å². The largest absolute Gasteiger partial charge is 0.374 e. The lowest BCUT2D eigenvalue weighted by Crippen LogP contribution is -2.13. The van der Waals surface area contributed by atoms with Crippen LogP contribution in [0.3, 0.4) is 0 Å². The Bertz CT molecular complexity index is 451. The number of nitrogens with zero attached hydrogens (tertiary/aromatic N) is 2. The Labute approximate surface area is 94.0 Å². The zero-order chi connectivity index (χ0) is 10.7. The molecule has 2 aromatic rings. The van der Waals surface area contributed by atoms with Crippen LogP contribution in [0.4, 0.5) is 10.3 Å². The molecule has 5 nitrogen and oxygen atoms in total. The summed E-state index contributed by atoms with van der Waals surface area (Å²) in [6.45, 7) is 0. The van der Waals surface area contributed by atoms with E-state index in [1.165, 1.54) is 0 Å². The van der Waals surface area contributed by atoms with Gasteiger partial charge < -0.3 is 11.1 Å². The zero-order valence-corrected chi connectivity index (χ0v) is 9.27. The SMILES string of the molecule is Nc1nnc(NC(=O)Cc2ccsc2)s1. The number of anilines is 2. The van der Waals surface area contributed by atoms with Crippen LogP contribution in [0, 0.1) is 0 Å². The molecule has 0 saturated heterocycles. The number of amides is 1. The lowest BCUT2D eigenvalue weighted by Gasteiger charge is -1.97. The fourth-order valence-electron chi connectivity index (χ4n) is 1.03. The van der Waals surface area contributed by atoms with E-state index in [1.807, 2.05) is 16.8 Å². The molecule has 78 valence electrons. The molecule has 0 fully saturated rings. The van der Waals surface area contributed by atoms with Crippen molar-refractivity contribution < 1.29 is 4.79 Å². The highest BCUT2D eigenvalue weighted by molar-refractivity contribution is 7.18. The van der Waals surface area contributed by atoms with Gasteiger partial charge in [0.15, 0.2) is 0 Å². The van der Waals surface area contributed by atoms with E-state index >= 15 is 0 Å². The van der Waals surface area contributed by atoms with Crippen LogP contribution in [0.15, 0.2) is 16.8 Å². The van der Waals surface area contributed by atoms with Crippen LogP contribution in [0.2, 0.25) is 0 Å². The molecule has 0 aromatic carbocycles. The van der Waals surface area contributed by atoms with E-state index in [0.29, 0.717) is 16.7 Å². The number of nitrogens with two attached hydrogens (primary N) is 1. The Morgan fingerprint density at radius 2 is 2.40 bits per heavy atom. The van der Waals surface area contributed by atoms with Crippen LogP contribution in [0.25, 0.3) is 0 Å². The summed E-state index contributed by atoms with van der Waals surface area (Å²) in [5.74, 6) is -0.107. The second kappa shape index (κ2) is 4.37. The summed E-state index contributed by atoms with van der Waals surface area (Å²) in [6.07, 6.45) is 0.350. The van der Waals surface area contributed by atoms with Gasteiger partial charge in [0.2, 0.25) is 16.2 Å². The number of hydrogen-bond acceptors (Lipinski definition) is 6. The van der Waals surface area contributed by atoms with E-state index in [-0.39, 0.29) is 5.91 Å². The maximum Gasteiger partial charge on any atom is 0.230 e. The van der Waals surface area contributed by atoms with Gasteiger partial charge in [-0.25, -0.2) is 0 Å². The summed E-state index contributed by atoms with van der Waals surface area (Å²) < 4.78 is 0. The lowest BCUT2D eigenvalue weighted by atomic mass is 10.2. The van der Waals surface area contributed by atoms with Crippen LogP contribution >= 0.6 is 22.7 Å². The number of nitrogen functional groups attached to an aromatic ring is 1. The van der Waals surface area contributed by atoms with Gasteiger partial charge in [-0.3, -0.25) is 4.79 Å². The van der Waals surface area contributed by atoms with Crippen molar-refractivity contribution in [3.05, 3.63) is 22.4 Å². The number of carbonyl (C=O) groups excluding carboxylic acids is 1. The van der Waals surface area contributed by atoms with Crippen molar-refractivity contribution in [2.45, 2.75) is 6.42 Å². The summed E-state index contributed by atoms with van der Waals surface area (Å²) in [5.41, 5.74) is 6.38. The molecule has 0 aliphatic carbocycles. The van der Waals surface area contributed by atoms with E-state index < -0.39 is 0 Å². The Hall–Kier alpha value is -1.47. The molecule has 0 saturated carbocycles. The first-order valence-electron chi connectivity index (χ1n) is 4.14. The van der Waals surface area contributed by atoms with Crippen LogP contribution in [0.1, 0.15) is 5.56 Å². The first-order chi connectivity index (χ1) is 7.24. The Morgan fingerprint density at radius 1 is 1.53 bits per heavy atom. The molecule has 7 heteroatoms. The van der Waals surface area contributed by atoms with Crippen LogP contribution in [-0.4, -0.2) is 16.1 Å². The average molecular weight is 240 g/mol. The molecule has 0 aliphatic heterocycles. The van der Waals surface area contributed by atoms with E-state index in [2.05, 4.69) is 15.5 Å². The molecule has 0 atom stereocenters. The van der Waals surface area contributed by atoms with E-state index in [4.69, 9.17) is 5.73 Å². The third-order valence-electron chi connectivity index (χ3n) is 1.63. The number of aromatic nitrogens is 2. The number of thiophene rings is 1. The van der Waals surface area contributed by atoms with Gasteiger partial charge in [0, 0.05) is 0 Å². The summed E-state index contributed by atoms with van der Waals surface area (Å²) >= 11 is 2.72. The lowest BCUT2D eigenvalue weighted by molar-refractivity contribution is -0.115. The van der Waals surface area contributed by atoms with Crippen molar-refractivity contribution in [2.24, 2.45) is 0 Å². The highest BCUT2D eigenvalue weighted by Gasteiger charge is 2.07. The predicted octanol–water partition coefficient (Wildman–Crippen LogP) is 1.36. The zero-order valence-electron chi connectivity index (χ0n) is 7.64. The van der Waals surface area contributed by atoms with E-state index in [1.54, 1.807) is 11.3 Å². The molecule has 2 rings (SSSR count). The Kier molecular flexibility index (Phi) is 2.93. The fraction of sp³-hybridized carbons (Fsp3) is 0.125. The number of carbonyl (C=O) groups is 1. The molecule has 0 spiro atoms. The highest BCUT2D eigenvalue weighted by Crippen LogP contribution is 2.16. The Morgan fingerprint density at radius 3 is 3.00 bits per heavy atom. The minimum Gasteiger partial charge on any atom is -0.374 e. The summed E-state index contributed by atoms with van der Waals surface area (Å²) in [5, 5.41) is 14.6. The van der Waals surface area contributed by atoms with Gasteiger partial charge in [-0.2, -0.15) is 11.3 Å². The monoisotopic (exact) mass is 240 g/mol. The van der Waals surface area contributed by atoms with Crippen molar-refractivity contribution in [1.82, 2.24) is 10.2 Å². The highest BCUT2D eigenvalue weighted by atomic mass is 32.1. The van der Waals surface area contributed by atoms with Gasteiger partial charge in [-0.1, -0.05) is 11.3 Å². The minimum atomic E-state index is -0.107. The smallest absolute Gasteiger partial charge is 0.230 e. The van der Waals surface area contributed by atoms with Gasteiger partial charge in [-0.15, -0.1) is 10.2 Å². The van der Waals surface area contributed by atoms with Crippen LogP contribution < -0.4 is 11.1 Å². The molecular weight excluding hydrogens is 232 g/mol. The minimum absolute atomic E-state index is 0.107. The van der Waals surface area contributed by atoms with Gasteiger partial charge in [-0.05, 0) is 22.4 Å². The average Bonchev–Trinajstić information content (AvgIpc) is 2.77. The molecule has 0 radical (unpaired) electrons. The molecule has 3 N–H and O–H groups in total. The molecule has 0 aliphatic rings. The van der Waals surface area contributed by atoms with E-state index in [0.717, 1.165) is 16.9 Å². The third-order valence-corrected chi connectivity index (χ3v) is 3.03. The summed E-state index contributed by atoms with van der Waals surface area (Å²) in [7, 11) is 0. The van der Waals surface area contributed by atoms with Gasteiger partial charge in [0.1, 0.15) is 0 Å². The van der Waals surface area contributed by atoms with Crippen molar-refractivity contribution in [1.29, 1.82) is 0 Å². The van der Waals surface area contributed by atoms with Gasteiger partial charge >= 0.3 is 0 Å². The molecule has 0 unspecified atom stereocenters.